The van der Waals surface area contributed by atoms with Crippen molar-refractivity contribution in [2.75, 3.05) is 19.0 Å². The molecule has 0 saturated carbocycles. The number of nitrogens with one attached hydrogen (secondary N) is 1. The zero-order chi connectivity index (χ0) is 22.1. The number of allylic oxidation sites excluding steroid dienone is 5. The number of aryl methyl sites for hydroxylation is 1. The van der Waals surface area contributed by atoms with Crippen LogP contribution in [0.4, 0.5) is 5.69 Å². The van der Waals surface area contributed by atoms with Gasteiger partial charge in [0.25, 0.3) is 0 Å². The standard InChI is InChI=1S/C11H18O.C8H11N.C2H6.C2H2.CH2O.H2O.Y/c1-4-7-11(8-6-9-12)10(3)5-2;1-7-5-3-4-6-8(7)9-2;3*1-2;;/h4-5,7,12H,2,6,8-9H2,1,3H3;3-6,9H,1-2H3;1-2H3;1-2H;1H2;1H2;/b7-4-,11-10+;;;;;;. The topological polar surface area (TPSA) is 80.8 Å². The third-order valence-corrected chi connectivity index (χ3v) is 3.20. The Balaban J connectivity index is -0.0000000695. The van der Waals surface area contributed by atoms with E-state index in [9.17, 15) is 0 Å². The number of hydrogen-bond acceptors (Lipinski definition) is 3. The molecule has 0 aliphatic carbocycles. The zero-order valence-corrected chi connectivity index (χ0v) is 22.0. The number of aliphatic hydroxyl groups is 1. The number of anilines is 1. The molecule has 5 heteroatoms. The maximum Gasteiger partial charge on any atom is 0.106 e. The van der Waals surface area contributed by atoms with Crippen LogP contribution in [-0.2, 0) is 37.5 Å². The molecule has 0 fully saturated rings. The Morgan fingerprint density at radius 2 is 1.69 bits per heavy atom. The first kappa shape index (κ1) is 41.8. The average Bonchev–Trinajstić information content (AvgIpc) is 2.75. The second-order valence-corrected chi connectivity index (χ2v) is 4.80. The third kappa shape index (κ3) is 26.5. The molecule has 0 aliphatic rings. The molecule has 1 aromatic carbocycles. The van der Waals surface area contributed by atoms with E-state index in [1.165, 1.54) is 22.4 Å². The number of aliphatic hydroxyl groups excluding tert-OH is 1. The summed E-state index contributed by atoms with van der Waals surface area (Å²) >= 11 is 0. The minimum Gasteiger partial charge on any atom is -0.412 e. The summed E-state index contributed by atoms with van der Waals surface area (Å²) in [5, 5.41) is 11.8. The fourth-order valence-corrected chi connectivity index (χ4v) is 1.87. The van der Waals surface area contributed by atoms with E-state index in [0.717, 1.165) is 12.8 Å². The molecule has 1 radical (unpaired) electrons. The number of terminal acetylenes is 1. The molecular weight excluding hydrogens is 439 g/mol. The van der Waals surface area contributed by atoms with Gasteiger partial charge in [-0.1, -0.05) is 56.9 Å². The van der Waals surface area contributed by atoms with Gasteiger partial charge in [0, 0.05) is 52.1 Å². The molecule has 0 spiro atoms. The summed E-state index contributed by atoms with van der Waals surface area (Å²) in [7, 11) is 1.93. The number of rotatable bonds is 6. The van der Waals surface area contributed by atoms with Crippen molar-refractivity contribution in [3.05, 3.63) is 65.8 Å². The van der Waals surface area contributed by atoms with Crippen molar-refractivity contribution >= 4 is 12.5 Å². The smallest absolute Gasteiger partial charge is 0.106 e. The predicted molar refractivity (Wildman–Crippen MR) is 127 cm³/mol. The van der Waals surface area contributed by atoms with Crippen molar-refractivity contribution < 1.29 is 48.1 Å². The molecule has 0 aliphatic heterocycles. The van der Waals surface area contributed by atoms with Gasteiger partial charge in [-0.15, -0.1) is 12.8 Å². The molecule has 4 N–H and O–H groups in total. The van der Waals surface area contributed by atoms with Crippen LogP contribution in [0.25, 0.3) is 0 Å². The molecule has 0 heterocycles. The maximum atomic E-state index is 8.67. The van der Waals surface area contributed by atoms with Crippen molar-refractivity contribution in [1.82, 2.24) is 0 Å². The van der Waals surface area contributed by atoms with Gasteiger partial charge in [0.15, 0.2) is 0 Å². The Hall–Kier alpha value is -1.51. The summed E-state index contributed by atoms with van der Waals surface area (Å²) in [6, 6.07) is 8.22. The van der Waals surface area contributed by atoms with E-state index in [4.69, 9.17) is 9.90 Å². The fraction of sp³-hybridized carbons (Fsp3) is 0.375. The van der Waals surface area contributed by atoms with Crippen LogP contribution in [0.3, 0.4) is 0 Å². The molecule has 0 atom stereocenters. The Kier molecular flexibility index (Phi) is 53.7. The predicted octanol–water partition coefficient (Wildman–Crippen LogP) is 5.14. The first-order valence-electron chi connectivity index (χ1n) is 9.02. The van der Waals surface area contributed by atoms with Crippen molar-refractivity contribution in [3.63, 3.8) is 0 Å². The molecule has 0 unspecified atom stereocenters. The minimum absolute atomic E-state index is 0. The molecular formula is C24H41NO3Y. The normalized spacial score (nSPS) is 8.72. The summed E-state index contributed by atoms with van der Waals surface area (Å²) < 4.78 is 0. The van der Waals surface area contributed by atoms with E-state index in [2.05, 4.69) is 49.9 Å². The monoisotopic (exact) mass is 480 g/mol. The van der Waals surface area contributed by atoms with Gasteiger partial charge in [-0.25, -0.2) is 0 Å². The van der Waals surface area contributed by atoms with Gasteiger partial charge in [0.2, 0.25) is 0 Å². The number of hydrogen-bond donors (Lipinski definition) is 2. The molecule has 0 saturated heterocycles. The Morgan fingerprint density at radius 3 is 2.00 bits per heavy atom. The molecule has 0 aromatic heterocycles. The maximum absolute atomic E-state index is 8.67. The van der Waals surface area contributed by atoms with E-state index in [1.807, 2.05) is 65.8 Å². The van der Waals surface area contributed by atoms with Crippen LogP contribution in [0.15, 0.2) is 60.2 Å². The van der Waals surface area contributed by atoms with Gasteiger partial charge in [-0.3, -0.25) is 0 Å². The van der Waals surface area contributed by atoms with Crippen molar-refractivity contribution in [3.8, 4) is 12.8 Å². The van der Waals surface area contributed by atoms with Gasteiger partial charge >= 0.3 is 0 Å². The van der Waals surface area contributed by atoms with Crippen LogP contribution in [0.5, 0.6) is 0 Å². The SMILES string of the molecule is C#C.C=C/C(C)=C(\C=C/C)CCCO.C=O.CC.CNc1ccccc1C.O.[Y]. The quantitative estimate of drug-likeness (QED) is 0.437. The summed E-state index contributed by atoms with van der Waals surface area (Å²) in [5.74, 6) is 0. The summed E-state index contributed by atoms with van der Waals surface area (Å²) in [6.45, 7) is 16.1. The van der Waals surface area contributed by atoms with Crippen molar-refractivity contribution in [1.29, 1.82) is 0 Å². The van der Waals surface area contributed by atoms with Crippen LogP contribution in [0, 0.1) is 19.8 Å². The molecule has 0 bridgehead atoms. The van der Waals surface area contributed by atoms with Crippen LogP contribution in [0.2, 0.25) is 0 Å². The van der Waals surface area contributed by atoms with Crippen molar-refractivity contribution in [2.24, 2.45) is 0 Å². The van der Waals surface area contributed by atoms with Gasteiger partial charge in [0.1, 0.15) is 6.79 Å². The van der Waals surface area contributed by atoms with E-state index in [0.29, 0.717) is 0 Å². The molecule has 0 amide bonds. The summed E-state index contributed by atoms with van der Waals surface area (Å²) in [5.41, 5.74) is 4.96. The van der Waals surface area contributed by atoms with E-state index < -0.39 is 0 Å². The van der Waals surface area contributed by atoms with Crippen LogP contribution >= 0.6 is 0 Å². The van der Waals surface area contributed by atoms with E-state index in [1.54, 1.807) is 0 Å². The minimum atomic E-state index is 0. The first-order valence-corrected chi connectivity index (χ1v) is 9.02. The van der Waals surface area contributed by atoms with Crippen LogP contribution in [-0.4, -0.2) is 31.0 Å². The average molecular weight is 481 g/mol. The van der Waals surface area contributed by atoms with Crippen molar-refractivity contribution in [2.45, 2.75) is 47.5 Å². The summed E-state index contributed by atoms with van der Waals surface area (Å²) in [6.07, 6.45) is 15.7. The third-order valence-electron chi connectivity index (χ3n) is 3.20. The number of para-hydroxylation sites is 1. The molecule has 1 aromatic rings. The molecule has 29 heavy (non-hydrogen) atoms. The molecule has 1 rings (SSSR count). The van der Waals surface area contributed by atoms with Gasteiger partial charge in [-0.2, -0.15) is 0 Å². The molecule has 163 valence electrons. The number of carbonyl (C=O) groups is 1. The van der Waals surface area contributed by atoms with Crippen LogP contribution in [0.1, 0.15) is 46.1 Å². The zero-order valence-electron chi connectivity index (χ0n) is 19.2. The largest absolute Gasteiger partial charge is 0.412 e. The fourth-order valence-electron chi connectivity index (χ4n) is 1.87. The second kappa shape index (κ2) is 37.3. The first-order chi connectivity index (χ1) is 13.1. The Morgan fingerprint density at radius 1 is 1.21 bits per heavy atom. The Bertz CT molecular complexity index is 538. The number of carbonyl (C=O) groups excluding carboxylic acids is 1. The van der Waals surface area contributed by atoms with Gasteiger partial charge < -0.3 is 20.7 Å². The molecule has 4 nitrogen and oxygen atoms in total. The van der Waals surface area contributed by atoms with Gasteiger partial charge in [0.05, 0.1) is 0 Å². The second-order valence-electron chi connectivity index (χ2n) is 4.80. The number of benzene rings is 1. The van der Waals surface area contributed by atoms with E-state index >= 15 is 0 Å². The van der Waals surface area contributed by atoms with E-state index in [-0.39, 0.29) is 44.8 Å². The summed E-state index contributed by atoms with van der Waals surface area (Å²) in [4.78, 5) is 8.00. The Labute approximate surface area is 204 Å². The van der Waals surface area contributed by atoms with Crippen LogP contribution < -0.4 is 5.32 Å². The van der Waals surface area contributed by atoms with Gasteiger partial charge in [-0.05, 0) is 56.4 Å².